The lowest BCUT2D eigenvalue weighted by Crippen LogP contribution is -2.26. The van der Waals surface area contributed by atoms with E-state index in [0.29, 0.717) is 0 Å². The Morgan fingerprint density at radius 2 is 2.00 bits per heavy atom. The zero-order valence-electron chi connectivity index (χ0n) is 8.11. The summed E-state index contributed by atoms with van der Waals surface area (Å²) in [6.07, 6.45) is 12.6. The second-order valence-corrected chi connectivity index (χ2v) is 3.78. The highest BCUT2D eigenvalue weighted by molar-refractivity contribution is 5.16. The van der Waals surface area contributed by atoms with E-state index in [0.717, 1.165) is 5.92 Å². The van der Waals surface area contributed by atoms with Gasteiger partial charge in [0.1, 0.15) is 7.05 Å². The molecule has 0 radical (unpaired) electrons. The molecule has 1 nitrogen and oxygen atoms in total. The normalized spacial score (nSPS) is 21.8. The molecule has 1 aromatic rings. The van der Waals surface area contributed by atoms with Crippen molar-refractivity contribution in [2.45, 2.75) is 25.2 Å². The molecular weight excluding hydrogens is 158 g/mol. The van der Waals surface area contributed by atoms with Gasteiger partial charge in [0, 0.05) is 12.1 Å². The summed E-state index contributed by atoms with van der Waals surface area (Å²) in [6, 6.07) is 4.48. The first-order valence-corrected chi connectivity index (χ1v) is 4.96. The van der Waals surface area contributed by atoms with E-state index < -0.39 is 0 Å². The van der Waals surface area contributed by atoms with Crippen molar-refractivity contribution in [3.8, 4) is 0 Å². The van der Waals surface area contributed by atoms with Crippen LogP contribution in [-0.4, -0.2) is 0 Å². The predicted octanol–water partition coefficient (Wildman–Crippen LogP) is 2.33. The number of aryl methyl sites for hydroxylation is 1. The Labute approximate surface area is 79.7 Å². The van der Waals surface area contributed by atoms with Gasteiger partial charge in [-0.1, -0.05) is 12.2 Å². The Hall–Kier alpha value is -1.11. The quantitative estimate of drug-likeness (QED) is 0.454. The van der Waals surface area contributed by atoms with Gasteiger partial charge in [-0.3, -0.25) is 0 Å². The van der Waals surface area contributed by atoms with Crippen LogP contribution in [0.25, 0.3) is 0 Å². The van der Waals surface area contributed by atoms with Crippen molar-refractivity contribution in [3.05, 3.63) is 42.2 Å². The zero-order valence-corrected chi connectivity index (χ0v) is 8.11. The van der Waals surface area contributed by atoms with Crippen LogP contribution in [0.3, 0.4) is 0 Å². The van der Waals surface area contributed by atoms with E-state index in [1.807, 2.05) is 0 Å². The number of nitrogens with zero attached hydrogens (tertiary/aromatic N) is 1. The van der Waals surface area contributed by atoms with Crippen molar-refractivity contribution in [2.24, 2.45) is 7.05 Å². The van der Waals surface area contributed by atoms with Gasteiger partial charge in [0.05, 0.1) is 0 Å². The fourth-order valence-electron chi connectivity index (χ4n) is 1.88. The standard InChI is InChI=1S/C12H16N/c1-13-9-7-12(8-10-13)11-5-3-2-4-6-11/h2-3,7-11H,4-6H2,1H3/q+1. The summed E-state index contributed by atoms with van der Waals surface area (Å²) in [5, 5.41) is 0. The molecule has 0 amide bonds. The number of aromatic nitrogens is 1. The van der Waals surface area contributed by atoms with Crippen molar-refractivity contribution in [3.63, 3.8) is 0 Å². The Morgan fingerprint density at radius 3 is 2.62 bits per heavy atom. The van der Waals surface area contributed by atoms with Crippen molar-refractivity contribution in [2.75, 3.05) is 0 Å². The molecular formula is C12H16N+. The van der Waals surface area contributed by atoms with Gasteiger partial charge in [-0.15, -0.1) is 0 Å². The van der Waals surface area contributed by atoms with E-state index in [2.05, 4.69) is 48.3 Å². The fraction of sp³-hybridized carbons (Fsp3) is 0.417. The molecule has 0 fully saturated rings. The molecule has 0 bridgehead atoms. The van der Waals surface area contributed by atoms with Crippen molar-refractivity contribution in [1.82, 2.24) is 0 Å². The van der Waals surface area contributed by atoms with Crippen LogP contribution in [0.1, 0.15) is 30.7 Å². The van der Waals surface area contributed by atoms with Crippen LogP contribution in [0, 0.1) is 0 Å². The fourth-order valence-corrected chi connectivity index (χ4v) is 1.88. The van der Waals surface area contributed by atoms with E-state index in [-0.39, 0.29) is 0 Å². The van der Waals surface area contributed by atoms with Crippen LogP contribution < -0.4 is 4.57 Å². The Balaban J connectivity index is 2.15. The molecule has 0 aromatic carbocycles. The van der Waals surface area contributed by atoms with E-state index in [9.17, 15) is 0 Å². The lowest BCUT2D eigenvalue weighted by atomic mass is 9.88. The monoisotopic (exact) mass is 174 g/mol. The summed E-state index contributed by atoms with van der Waals surface area (Å²) in [5.41, 5.74) is 1.49. The number of hydrogen-bond acceptors (Lipinski definition) is 0. The third kappa shape index (κ3) is 1.97. The topological polar surface area (TPSA) is 3.88 Å². The van der Waals surface area contributed by atoms with Gasteiger partial charge in [0.2, 0.25) is 0 Å². The molecule has 0 saturated heterocycles. The molecule has 1 unspecified atom stereocenters. The highest BCUT2D eigenvalue weighted by Crippen LogP contribution is 2.27. The van der Waals surface area contributed by atoms with Crippen LogP contribution in [0.4, 0.5) is 0 Å². The minimum atomic E-state index is 0.756. The molecule has 1 aliphatic carbocycles. The molecule has 1 atom stereocenters. The molecule has 0 aliphatic heterocycles. The molecule has 1 heteroatoms. The smallest absolute Gasteiger partial charge is 0.168 e. The maximum Gasteiger partial charge on any atom is 0.168 e. The molecule has 1 aromatic heterocycles. The molecule has 0 spiro atoms. The lowest BCUT2D eigenvalue weighted by molar-refractivity contribution is -0.671. The first-order chi connectivity index (χ1) is 6.36. The minimum absolute atomic E-state index is 0.756. The number of hydrogen-bond donors (Lipinski definition) is 0. The van der Waals surface area contributed by atoms with Crippen LogP contribution >= 0.6 is 0 Å². The Kier molecular flexibility index (Phi) is 2.44. The predicted molar refractivity (Wildman–Crippen MR) is 53.4 cm³/mol. The largest absolute Gasteiger partial charge is 0.208 e. The highest BCUT2D eigenvalue weighted by Gasteiger charge is 2.12. The SMILES string of the molecule is C[n+]1ccc(C2CC=CCC2)cc1. The van der Waals surface area contributed by atoms with Crippen LogP contribution in [0.5, 0.6) is 0 Å². The summed E-state index contributed by atoms with van der Waals surface area (Å²) in [7, 11) is 2.06. The number of pyridine rings is 1. The van der Waals surface area contributed by atoms with Crippen molar-refractivity contribution < 1.29 is 4.57 Å². The van der Waals surface area contributed by atoms with Gasteiger partial charge in [-0.25, -0.2) is 4.57 Å². The van der Waals surface area contributed by atoms with E-state index in [1.54, 1.807) is 0 Å². The molecule has 1 heterocycles. The highest BCUT2D eigenvalue weighted by atomic mass is 14.9. The van der Waals surface area contributed by atoms with Crippen molar-refractivity contribution >= 4 is 0 Å². The maximum absolute atomic E-state index is 2.31. The van der Waals surface area contributed by atoms with Crippen LogP contribution in [-0.2, 0) is 7.05 Å². The third-order valence-corrected chi connectivity index (χ3v) is 2.74. The van der Waals surface area contributed by atoms with Gasteiger partial charge in [0.25, 0.3) is 0 Å². The molecule has 13 heavy (non-hydrogen) atoms. The van der Waals surface area contributed by atoms with E-state index in [1.165, 1.54) is 24.8 Å². The van der Waals surface area contributed by atoms with Gasteiger partial charge < -0.3 is 0 Å². The van der Waals surface area contributed by atoms with Gasteiger partial charge in [-0.05, 0) is 30.7 Å². The second-order valence-electron chi connectivity index (χ2n) is 3.78. The molecule has 0 N–H and O–H groups in total. The van der Waals surface area contributed by atoms with Gasteiger partial charge in [-0.2, -0.15) is 0 Å². The Morgan fingerprint density at radius 1 is 1.23 bits per heavy atom. The molecule has 1 aliphatic rings. The van der Waals surface area contributed by atoms with Crippen LogP contribution in [0.2, 0.25) is 0 Å². The number of allylic oxidation sites excluding steroid dienone is 2. The summed E-state index contributed by atoms with van der Waals surface area (Å²) < 4.78 is 2.09. The summed E-state index contributed by atoms with van der Waals surface area (Å²) in [6.45, 7) is 0. The molecule has 2 rings (SSSR count). The maximum atomic E-state index is 2.31. The molecule has 68 valence electrons. The average molecular weight is 174 g/mol. The first-order valence-electron chi connectivity index (χ1n) is 4.96. The summed E-state index contributed by atoms with van der Waals surface area (Å²) in [4.78, 5) is 0. The average Bonchev–Trinajstić information content (AvgIpc) is 2.20. The third-order valence-electron chi connectivity index (χ3n) is 2.74. The number of rotatable bonds is 1. The van der Waals surface area contributed by atoms with Crippen LogP contribution in [0.15, 0.2) is 36.7 Å². The minimum Gasteiger partial charge on any atom is -0.208 e. The Bertz CT molecular complexity index is 297. The molecule has 0 saturated carbocycles. The second kappa shape index (κ2) is 3.73. The summed E-state index contributed by atoms with van der Waals surface area (Å²) >= 11 is 0. The summed E-state index contributed by atoms with van der Waals surface area (Å²) in [5.74, 6) is 0.756. The van der Waals surface area contributed by atoms with E-state index in [4.69, 9.17) is 0 Å². The van der Waals surface area contributed by atoms with E-state index >= 15 is 0 Å². The van der Waals surface area contributed by atoms with Crippen molar-refractivity contribution in [1.29, 1.82) is 0 Å². The van der Waals surface area contributed by atoms with Gasteiger partial charge in [0.15, 0.2) is 12.4 Å². The first kappa shape index (κ1) is 8.49. The lowest BCUT2D eigenvalue weighted by Gasteiger charge is -2.16. The zero-order chi connectivity index (χ0) is 9.10. The van der Waals surface area contributed by atoms with Gasteiger partial charge >= 0.3 is 0 Å².